The van der Waals surface area contributed by atoms with Crippen molar-refractivity contribution in [1.82, 2.24) is 10.6 Å². The number of methoxy groups -OCH3 is 1. The third-order valence-electron chi connectivity index (χ3n) is 2.75. The summed E-state index contributed by atoms with van der Waals surface area (Å²) in [5, 5.41) is 13.9. The van der Waals surface area contributed by atoms with E-state index in [-0.39, 0.29) is 11.4 Å². The topological polar surface area (TPSA) is 87.7 Å². The van der Waals surface area contributed by atoms with Crippen LogP contribution < -0.4 is 10.6 Å². The van der Waals surface area contributed by atoms with Gasteiger partial charge in [-0.05, 0) is 19.1 Å². The summed E-state index contributed by atoms with van der Waals surface area (Å²) in [5.41, 5.74) is 0. The van der Waals surface area contributed by atoms with Crippen LogP contribution in [-0.2, 0) is 9.53 Å². The maximum atomic E-state index is 11.5. The van der Waals surface area contributed by atoms with Crippen molar-refractivity contribution >= 4 is 23.8 Å². The van der Waals surface area contributed by atoms with E-state index in [1.54, 1.807) is 11.8 Å². The van der Waals surface area contributed by atoms with E-state index in [2.05, 4.69) is 10.6 Å². The van der Waals surface area contributed by atoms with Gasteiger partial charge in [0.2, 0.25) is 0 Å². The molecule has 0 aromatic carbocycles. The number of rotatable bonds is 7. The van der Waals surface area contributed by atoms with E-state index >= 15 is 0 Å². The van der Waals surface area contributed by atoms with E-state index < -0.39 is 18.0 Å². The monoisotopic (exact) mass is 262 g/mol. The molecule has 1 aliphatic carbocycles. The summed E-state index contributed by atoms with van der Waals surface area (Å²) in [4.78, 5) is 22.2. The van der Waals surface area contributed by atoms with Crippen molar-refractivity contribution in [2.24, 2.45) is 0 Å². The Morgan fingerprint density at radius 1 is 1.53 bits per heavy atom. The largest absolute Gasteiger partial charge is 0.480 e. The molecule has 0 heterocycles. The summed E-state index contributed by atoms with van der Waals surface area (Å²) in [6, 6.07) is -1.47. The van der Waals surface area contributed by atoms with Crippen molar-refractivity contribution in [3.8, 4) is 0 Å². The highest BCUT2D eigenvalue weighted by atomic mass is 32.2. The second-order valence-electron chi connectivity index (χ2n) is 4.06. The number of carbonyl (C=O) groups is 2. The van der Waals surface area contributed by atoms with Crippen LogP contribution in [0.3, 0.4) is 0 Å². The molecule has 0 bridgehead atoms. The highest BCUT2D eigenvalue weighted by molar-refractivity contribution is 8.00. The van der Waals surface area contributed by atoms with Crippen molar-refractivity contribution in [3.63, 3.8) is 0 Å². The Kier molecular flexibility index (Phi) is 5.07. The zero-order valence-electron chi connectivity index (χ0n) is 9.99. The first-order chi connectivity index (χ1) is 8.03. The lowest BCUT2D eigenvalue weighted by molar-refractivity contribution is -0.140. The molecule has 1 atom stereocenters. The van der Waals surface area contributed by atoms with E-state index in [0.29, 0.717) is 6.54 Å². The first-order valence-corrected chi connectivity index (χ1v) is 6.57. The molecule has 1 aliphatic rings. The molecule has 0 radical (unpaired) electrons. The fraction of sp³-hybridized carbons (Fsp3) is 0.800. The van der Waals surface area contributed by atoms with E-state index in [9.17, 15) is 9.59 Å². The Morgan fingerprint density at radius 3 is 2.59 bits per heavy atom. The SMILES string of the molecule is COCC(NC(=O)NCC1(SC)CC1)C(=O)O. The van der Waals surface area contributed by atoms with Crippen LogP contribution in [0.15, 0.2) is 0 Å². The van der Waals surface area contributed by atoms with Crippen LogP contribution >= 0.6 is 11.8 Å². The number of carbonyl (C=O) groups excluding carboxylic acids is 1. The van der Waals surface area contributed by atoms with E-state index in [4.69, 9.17) is 9.84 Å². The molecule has 1 rings (SSSR count). The number of carboxylic acids is 1. The van der Waals surface area contributed by atoms with Crippen LogP contribution in [0.1, 0.15) is 12.8 Å². The predicted octanol–water partition coefficient (Wildman–Crippen LogP) is 0.281. The number of aliphatic carboxylic acids is 1. The molecule has 0 aromatic rings. The van der Waals surface area contributed by atoms with Gasteiger partial charge in [-0.25, -0.2) is 9.59 Å². The van der Waals surface area contributed by atoms with Crippen LogP contribution in [-0.4, -0.2) is 54.4 Å². The smallest absolute Gasteiger partial charge is 0.328 e. The van der Waals surface area contributed by atoms with Crippen LogP contribution in [0.5, 0.6) is 0 Å². The maximum absolute atomic E-state index is 11.5. The van der Waals surface area contributed by atoms with Gasteiger partial charge in [0.05, 0.1) is 6.61 Å². The average Bonchev–Trinajstić information content (AvgIpc) is 3.06. The Balaban J connectivity index is 2.29. The second-order valence-corrected chi connectivity index (χ2v) is 5.33. The summed E-state index contributed by atoms with van der Waals surface area (Å²) < 4.78 is 4.88. The molecule has 1 saturated carbocycles. The normalized spacial score (nSPS) is 18.2. The van der Waals surface area contributed by atoms with Gasteiger partial charge < -0.3 is 20.5 Å². The Labute approximate surface area is 104 Å². The first kappa shape index (κ1) is 14.1. The molecule has 3 N–H and O–H groups in total. The van der Waals surface area contributed by atoms with Gasteiger partial charge in [-0.2, -0.15) is 11.8 Å². The molecule has 0 saturated heterocycles. The van der Waals surface area contributed by atoms with Crippen LogP contribution in [0.2, 0.25) is 0 Å². The second kappa shape index (κ2) is 6.11. The van der Waals surface area contributed by atoms with Crippen molar-refractivity contribution in [2.45, 2.75) is 23.6 Å². The summed E-state index contributed by atoms with van der Waals surface area (Å²) in [6.07, 6.45) is 4.20. The number of urea groups is 1. The van der Waals surface area contributed by atoms with Gasteiger partial charge in [0.25, 0.3) is 0 Å². The van der Waals surface area contributed by atoms with E-state index in [1.807, 2.05) is 6.26 Å². The minimum absolute atomic E-state index is 0.0452. The molecule has 7 heteroatoms. The minimum Gasteiger partial charge on any atom is -0.480 e. The highest BCUT2D eigenvalue weighted by Gasteiger charge is 2.42. The van der Waals surface area contributed by atoms with Crippen LogP contribution in [0.25, 0.3) is 0 Å². The molecule has 2 amide bonds. The lowest BCUT2D eigenvalue weighted by Crippen LogP contribution is -2.49. The molecule has 1 unspecified atom stereocenters. The fourth-order valence-corrected chi connectivity index (χ4v) is 2.11. The minimum atomic E-state index is -1.10. The van der Waals surface area contributed by atoms with Gasteiger partial charge in [-0.1, -0.05) is 0 Å². The highest BCUT2D eigenvalue weighted by Crippen LogP contribution is 2.46. The van der Waals surface area contributed by atoms with Gasteiger partial charge >= 0.3 is 12.0 Å². The Bertz CT molecular complexity index is 294. The van der Waals surface area contributed by atoms with Gasteiger partial charge in [0, 0.05) is 18.4 Å². The zero-order chi connectivity index (χ0) is 12.9. The number of ether oxygens (including phenoxy) is 1. The van der Waals surface area contributed by atoms with Gasteiger partial charge in [-0.15, -0.1) is 0 Å². The summed E-state index contributed by atoms with van der Waals surface area (Å²) in [6.45, 7) is 0.524. The van der Waals surface area contributed by atoms with E-state index in [0.717, 1.165) is 12.8 Å². The molecular weight excluding hydrogens is 244 g/mol. The average molecular weight is 262 g/mol. The molecule has 17 heavy (non-hydrogen) atoms. The molecule has 98 valence electrons. The first-order valence-electron chi connectivity index (χ1n) is 5.34. The van der Waals surface area contributed by atoms with Crippen LogP contribution in [0.4, 0.5) is 4.79 Å². The molecule has 1 fully saturated rings. The van der Waals surface area contributed by atoms with Crippen molar-refractivity contribution < 1.29 is 19.4 Å². The number of hydrogen-bond donors (Lipinski definition) is 3. The predicted molar refractivity (Wildman–Crippen MR) is 65.3 cm³/mol. The summed E-state index contributed by atoms with van der Waals surface area (Å²) >= 11 is 1.73. The lowest BCUT2D eigenvalue weighted by atomic mass is 10.3. The number of thioether (sulfide) groups is 1. The Morgan fingerprint density at radius 2 is 2.18 bits per heavy atom. The van der Waals surface area contributed by atoms with Crippen LogP contribution in [0, 0.1) is 0 Å². The van der Waals surface area contributed by atoms with Crippen molar-refractivity contribution in [2.75, 3.05) is 26.5 Å². The Hall–Kier alpha value is -0.950. The lowest BCUT2D eigenvalue weighted by Gasteiger charge is -2.16. The molecule has 0 aliphatic heterocycles. The number of nitrogens with one attached hydrogen (secondary N) is 2. The molecule has 0 aromatic heterocycles. The number of carboxylic acid groups (broad SMARTS) is 1. The van der Waals surface area contributed by atoms with E-state index in [1.165, 1.54) is 7.11 Å². The summed E-state index contributed by atoms with van der Waals surface area (Å²) in [5.74, 6) is -1.10. The van der Waals surface area contributed by atoms with Crippen molar-refractivity contribution in [3.05, 3.63) is 0 Å². The van der Waals surface area contributed by atoms with Crippen molar-refractivity contribution in [1.29, 1.82) is 0 Å². The molecule has 0 spiro atoms. The van der Waals surface area contributed by atoms with Gasteiger partial charge in [0.1, 0.15) is 0 Å². The van der Waals surface area contributed by atoms with Gasteiger partial charge in [0.15, 0.2) is 6.04 Å². The molecule has 6 nitrogen and oxygen atoms in total. The number of hydrogen-bond acceptors (Lipinski definition) is 4. The third-order valence-corrected chi connectivity index (χ3v) is 4.17. The zero-order valence-corrected chi connectivity index (χ0v) is 10.8. The standard InChI is InChI=1S/C10H18N2O4S/c1-16-5-7(8(13)14)12-9(15)11-6-10(17-2)3-4-10/h7H,3-6H2,1-2H3,(H,13,14)(H2,11,12,15). The quantitative estimate of drug-likeness (QED) is 0.613. The fourth-order valence-electron chi connectivity index (χ4n) is 1.38. The molecular formula is C10H18N2O4S. The third kappa shape index (κ3) is 4.43. The maximum Gasteiger partial charge on any atom is 0.328 e. The summed E-state index contributed by atoms with van der Waals surface area (Å²) in [7, 11) is 1.39. The number of amides is 2. The van der Waals surface area contributed by atoms with Gasteiger partial charge in [-0.3, -0.25) is 0 Å².